The first-order valence-corrected chi connectivity index (χ1v) is 5.12. The van der Waals surface area contributed by atoms with E-state index in [4.69, 9.17) is 0 Å². The van der Waals surface area contributed by atoms with Crippen molar-refractivity contribution < 1.29 is 4.21 Å². The van der Waals surface area contributed by atoms with E-state index in [0.717, 1.165) is 4.90 Å². The van der Waals surface area contributed by atoms with Gasteiger partial charge in [-0.2, -0.15) is 0 Å². The normalized spacial score (nSPS) is 12.4. The first-order chi connectivity index (χ1) is 5.74. The molecule has 0 spiro atoms. The molecule has 2 heteroatoms. The maximum atomic E-state index is 11.4. The van der Waals surface area contributed by atoms with Crippen LogP contribution in [0, 0.1) is 6.92 Å². The summed E-state index contributed by atoms with van der Waals surface area (Å²) in [6, 6.07) is 7.73. The third-order valence-electron chi connectivity index (χ3n) is 1.55. The summed E-state index contributed by atoms with van der Waals surface area (Å²) in [6.45, 7) is 5.56. The van der Waals surface area contributed by atoms with Crippen molar-refractivity contribution in [1.82, 2.24) is 0 Å². The van der Waals surface area contributed by atoms with Crippen molar-refractivity contribution in [2.75, 3.05) is 5.75 Å². The molecule has 1 aromatic rings. The van der Waals surface area contributed by atoms with Crippen LogP contribution in [-0.4, -0.2) is 9.96 Å². The van der Waals surface area contributed by atoms with Crippen LogP contribution >= 0.6 is 0 Å². The van der Waals surface area contributed by atoms with Gasteiger partial charge in [-0.15, -0.1) is 6.58 Å². The summed E-state index contributed by atoms with van der Waals surface area (Å²) in [7, 11) is -0.910. The predicted molar refractivity (Wildman–Crippen MR) is 52.7 cm³/mol. The van der Waals surface area contributed by atoms with Crippen molar-refractivity contribution in [3.63, 3.8) is 0 Å². The number of aryl methyl sites for hydroxylation is 1. The van der Waals surface area contributed by atoms with Gasteiger partial charge in [0.2, 0.25) is 0 Å². The summed E-state index contributed by atoms with van der Waals surface area (Å²) in [5, 5.41) is 0. The third-order valence-corrected chi connectivity index (χ3v) is 2.89. The van der Waals surface area contributed by atoms with Gasteiger partial charge in [-0.3, -0.25) is 4.21 Å². The molecule has 0 aliphatic carbocycles. The van der Waals surface area contributed by atoms with Gasteiger partial charge in [0.25, 0.3) is 0 Å². The number of hydrogen-bond donors (Lipinski definition) is 0. The fraction of sp³-hybridized carbons (Fsp3) is 0.200. The molecule has 0 aliphatic heterocycles. The molecule has 1 aromatic carbocycles. The van der Waals surface area contributed by atoms with Gasteiger partial charge in [0.1, 0.15) is 0 Å². The van der Waals surface area contributed by atoms with Crippen LogP contribution in [0.25, 0.3) is 0 Å². The highest BCUT2D eigenvalue weighted by atomic mass is 32.2. The maximum absolute atomic E-state index is 11.4. The number of hydrogen-bond acceptors (Lipinski definition) is 1. The Bertz CT molecular complexity index is 287. The molecule has 1 atom stereocenters. The molecular formula is C10H12OS. The molecule has 0 amide bonds. The molecule has 0 N–H and O–H groups in total. The van der Waals surface area contributed by atoms with Crippen molar-refractivity contribution in [1.29, 1.82) is 0 Å². The second kappa shape index (κ2) is 4.21. The fourth-order valence-corrected chi connectivity index (χ4v) is 1.74. The molecule has 1 nitrogen and oxygen atoms in total. The van der Waals surface area contributed by atoms with E-state index in [-0.39, 0.29) is 0 Å². The molecular weight excluding hydrogens is 168 g/mol. The zero-order chi connectivity index (χ0) is 8.97. The summed E-state index contributed by atoms with van der Waals surface area (Å²) in [5.74, 6) is 0.531. The minimum atomic E-state index is -0.910. The molecule has 64 valence electrons. The van der Waals surface area contributed by atoms with Gasteiger partial charge < -0.3 is 0 Å². The Morgan fingerprint density at radius 1 is 1.42 bits per heavy atom. The molecule has 0 aliphatic rings. The van der Waals surface area contributed by atoms with E-state index < -0.39 is 10.8 Å². The largest absolute Gasteiger partial charge is 0.254 e. The van der Waals surface area contributed by atoms with Crippen molar-refractivity contribution in [3.8, 4) is 0 Å². The second-order valence-electron chi connectivity index (χ2n) is 2.61. The van der Waals surface area contributed by atoms with Crippen LogP contribution in [0.15, 0.2) is 41.8 Å². The lowest BCUT2D eigenvalue weighted by molar-refractivity contribution is 0.685. The van der Waals surface area contributed by atoms with E-state index in [1.54, 1.807) is 6.08 Å². The molecule has 1 rings (SSSR count). The lowest BCUT2D eigenvalue weighted by Gasteiger charge is -1.98. The Hall–Kier alpha value is -0.890. The third kappa shape index (κ3) is 2.31. The molecule has 0 fully saturated rings. The summed E-state index contributed by atoms with van der Waals surface area (Å²) >= 11 is 0. The summed E-state index contributed by atoms with van der Waals surface area (Å²) < 4.78 is 11.4. The fourth-order valence-electron chi connectivity index (χ4n) is 0.893. The highest BCUT2D eigenvalue weighted by molar-refractivity contribution is 7.85. The topological polar surface area (TPSA) is 17.1 Å². The van der Waals surface area contributed by atoms with Gasteiger partial charge in [-0.1, -0.05) is 23.8 Å². The Balaban J connectivity index is 2.82. The molecule has 0 radical (unpaired) electrons. The van der Waals surface area contributed by atoms with E-state index in [1.807, 2.05) is 31.2 Å². The van der Waals surface area contributed by atoms with Crippen molar-refractivity contribution in [3.05, 3.63) is 42.5 Å². The average Bonchev–Trinajstić information content (AvgIpc) is 2.06. The van der Waals surface area contributed by atoms with Crippen LogP contribution < -0.4 is 0 Å². The first-order valence-electron chi connectivity index (χ1n) is 3.80. The molecule has 12 heavy (non-hydrogen) atoms. The maximum Gasteiger partial charge on any atom is 0.0567 e. The van der Waals surface area contributed by atoms with Crippen molar-refractivity contribution >= 4 is 10.8 Å². The van der Waals surface area contributed by atoms with Crippen molar-refractivity contribution in [2.24, 2.45) is 0 Å². The minimum absolute atomic E-state index is 0.531. The van der Waals surface area contributed by atoms with Crippen LogP contribution in [0.3, 0.4) is 0 Å². The van der Waals surface area contributed by atoms with E-state index >= 15 is 0 Å². The minimum Gasteiger partial charge on any atom is -0.254 e. The first kappa shape index (κ1) is 9.20. The smallest absolute Gasteiger partial charge is 0.0567 e. The van der Waals surface area contributed by atoms with Crippen molar-refractivity contribution in [2.45, 2.75) is 11.8 Å². The zero-order valence-electron chi connectivity index (χ0n) is 7.12. The van der Waals surface area contributed by atoms with Crippen LogP contribution in [0.1, 0.15) is 5.56 Å². The van der Waals surface area contributed by atoms with Gasteiger partial charge in [0.05, 0.1) is 10.8 Å². The SMILES string of the molecule is C=CC[S@@](=O)c1ccc(C)cc1. The molecule has 0 aromatic heterocycles. The summed E-state index contributed by atoms with van der Waals surface area (Å²) in [5.41, 5.74) is 1.19. The van der Waals surface area contributed by atoms with Crippen LogP contribution in [0.4, 0.5) is 0 Å². The lowest BCUT2D eigenvalue weighted by Crippen LogP contribution is -1.94. The summed E-state index contributed by atoms with van der Waals surface area (Å²) in [4.78, 5) is 0.875. The Kier molecular flexibility index (Phi) is 3.23. The van der Waals surface area contributed by atoms with Gasteiger partial charge in [0.15, 0.2) is 0 Å². The van der Waals surface area contributed by atoms with Gasteiger partial charge in [-0.05, 0) is 19.1 Å². The Morgan fingerprint density at radius 3 is 2.50 bits per heavy atom. The highest BCUT2D eigenvalue weighted by Crippen LogP contribution is 2.07. The zero-order valence-corrected chi connectivity index (χ0v) is 7.93. The van der Waals surface area contributed by atoms with Crippen LogP contribution in [0.5, 0.6) is 0 Å². The Labute approximate surface area is 75.6 Å². The lowest BCUT2D eigenvalue weighted by atomic mass is 10.2. The molecule has 0 saturated heterocycles. The average molecular weight is 180 g/mol. The standard InChI is InChI=1S/C10H12OS/c1-3-8-12(11)10-6-4-9(2)5-7-10/h3-7H,1,8H2,2H3/t12-/m1/s1. The quantitative estimate of drug-likeness (QED) is 0.652. The van der Waals surface area contributed by atoms with E-state index in [2.05, 4.69) is 6.58 Å². The highest BCUT2D eigenvalue weighted by Gasteiger charge is 1.99. The summed E-state index contributed by atoms with van der Waals surface area (Å²) in [6.07, 6.45) is 1.68. The molecule has 0 bridgehead atoms. The van der Waals surface area contributed by atoms with Crippen LogP contribution in [0.2, 0.25) is 0 Å². The Morgan fingerprint density at radius 2 is 2.00 bits per heavy atom. The van der Waals surface area contributed by atoms with Gasteiger partial charge >= 0.3 is 0 Å². The molecule has 0 unspecified atom stereocenters. The second-order valence-corrected chi connectivity index (χ2v) is 4.11. The number of benzene rings is 1. The monoisotopic (exact) mass is 180 g/mol. The molecule has 0 saturated carbocycles. The van der Waals surface area contributed by atoms with Crippen LogP contribution in [-0.2, 0) is 10.8 Å². The molecule has 0 heterocycles. The van der Waals surface area contributed by atoms with Gasteiger partial charge in [-0.25, -0.2) is 0 Å². The predicted octanol–water partition coefficient (Wildman–Crippen LogP) is 2.29. The number of rotatable bonds is 3. The van der Waals surface area contributed by atoms with E-state index in [0.29, 0.717) is 5.75 Å². The van der Waals surface area contributed by atoms with E-state index in [9.17, 15) is 4.21 Å². The van der Waals surface area contributed by atoms with Gasteiger partial charge in [0, 0.05) is 10.6 Å². The van der Waals surface area contributed by atoms with E-state index in [1.165, 1.54) is 5.56 Å².